The Labute approximate surface area is 80.7 Å². The van der Waals surface area contributed by atoms with Gasteiger partial charge in [-0.1, -0.05) is 33.8 Å². The minimum atomic E-state index is 0.686. The Hall–Kier alpha value is -1.05. The van der Waals surface area contributed by atoms with Crippen LogP contribution in [0.1, 0.15) is 40.0 Å². The highest BCUT2D eigenvalue weighted by molar-refractivity contribution is 5.36. The van der Waals surface area contributed by atoms with Crippen LogP contribution < -0.4 is 0 Å². The topological polar surface area (TPSA) is 26.0 Å². The first kappa shape index (κ1) is 11.9. The van der Waals surface area contributed by atoms with Gasteiger partial charge in [0.1, 0.15) is 6.26 Å². The van der Waals surface area contributed by atoms with Crippen LogP contribution in [0.3, 0.4) is 0 Å². The molecule has 0 aliphatic heterocycles. The van der Waals surface area contributed by atoms with Gasteiger partial charge in [0.05, 0.1) is 6.20 Å². The lowest BCUT2D eigenvalue weighted by atomic mass is 10.1. The zero-order chi connectivity index (χ0) is 10.1. The Morgan fingerprint density at radius 1 is 1.46 bits per heavy atom. The van der Waals surface area contributed by atoms with Crippen molar-refractivity contribution in [2.45, 2.75) is 34.1 Å². The third kappa shape index (κ3) is 6.14. The second-order valence-corrected chi connectivity index (χ2v) is 2.90. The van der Waals surface area contributed by atoms with Gasteiger partial charge in [-0.15, -0.1) is 0 Å². The van der Waals surface area contributed by atoms with E-state index >= 15 is 0 Å². The monoisotopic (exact) mass is 181 g/mol. The molecule has 0 aromatic carbocycles. The van der Waals surface area contributed by atoms with Crippen molar-refractivity contribution in [1.29, 1.82) is 0 Å². The summed E-state index contributed by atoms with van der Waals surface area (Å²) in [7, 11) is 0. The number of hydrogen-bond acceptors (Lipinski definition) is 2. The molecule has 0 aliphatic rings. The molecule has 0 saturated heterocycles. The first-order chi connectivity index (χ1) is 6.29. The van der Waals surface area contributed by atoms with Crippen LogP contribution in [0, 0.1) is 5.92 Å². The van der Waals surface area contributed by atoms with Gasteiger partial charge in [-0.3, -0.25) is 0 Å². The molecule has 0 saturated carbocycles. The molecule has 13 heavy (non-hydrogen) atoms. The number of oxazole rings is 1. The first-order valence-corrected chi connectivity index (χ1v) is 4.85. The third-order valence-electron chi connectivity index (χ3n) is 1.32. The summed E-state index contributed by atoms with van der Waals surface area (Å²) in [5.41, 5.74) is 0. The van der Waals surface area contributed by atoms with Gasteiger partial charge in [-0.25, -0.2) is 4.98 Å². The second kappa shape index (κ2) is 7.59. The van der Waals surface area contributed by atoms with Crippen molar-refractivity contribution < 1.29 is 4.42 Å². The Kier molecular flexibility index (Phi) is 6.98. The minimum Gasteiger partial charge on any atom is -0.445 e. The van der Waals surface area contributed by atoms with Crippen molar-refractivity contribution in [3.8, 4) is 0 Å². The molecule has 0 atom stereocenters. The zero-order valence-electron chi connectivity index (χ0n) is 8.95. The molecule has 0 radical (unpaired) electrons. The van der Waals surface area contributed by atoms with Gasteiger partial charge in [-0.2, -0.15) is 0 Å². The van der Waals surface area contributed by atoms with Crippen LogP contribution in [-0.2, 0) is 0 Å². The molecule has 1 heterocycles. The zero-order valence-corrected chi connectivity index (χ0v) is 8.95. The van der Waals surface area contributed by atoms with E-state index in [4.69, 9.17) is 4.42 Å². The van der Waals surface area contributed by atoms with Gasteiger partial charge < -0.3 is 4.42 Å². The number of aromatic nitrogens is 1. The number of allylic oxidation sites excluding steroid dienone is 1. The maximum atomic E-state index is 5.02. The smallest absolute Gasteiger partial charge is 0.218 e. The van der Waals surface area contributed by atoms with Crippen molar-refractivity contribution in [2.75, 3.05) is 0 Å². The molecule has 0 N–H and O–H groups in total. The average Bonchev–Trinajstić information content (AvgIpc) is 2.60. The maximum Gasteiger partial charge on any atom is 0.218 e. The summed E-state index contributed by atoms with van der Waals surface area (Å²) in [5.74, 6) is 1.38. The van der Waals surface area contributed by atoms with Gasteiger partial charge in [0.15, 0.2) is 0 Å². The van der Waals surface area contributed by atoms with Crippen molar-refractivity contribution in [2.24, 2.45) is 5.92 Å². The largest absolute Gasteiger partial charge is 0.445 e. The molecular weight excluding hydrogens is 162 g/mol. The molecule has 1 rings (SSSR count). The standard InChI is InChI=1S/C9H13NO.C2H6/c1-8(2)4-3-5-9-10-6-7-11-9;1-2/h3,5-8H,4H2,1-2H3;1-2H3/b5-3+;. The SMILES string of the molecule is CC.CC(C)C/C=C/c1ncco1. The van der Waals surface area contributed by atoms with E-state index in [-0.39, 0.29) is 0 Å². The number of nitrogens with zero attached hydrogens (tertiary/aromatic N) is 1. The van der Waals surface area contributed by atoms with E-state index in [2.05, 4.69) is 24.9 Å². The van der Waals surface area contributed by atoms with E-state index < -0.39 is 0 Å². The summed E-state index contributed by atoms with van der Waals surface area (Å²) < 4.78 is 5.02. The molecule has 0 bridgehead atoms. The summed E-state index contributed by atoms with van der Waals surface area (Å²) >= 11 is 0. The quantitative estimate of drug-likeness (QED) is 0.709. The second-order valence-electron chi connectivity index (χ2n) is 2.90. The average molecular weight is 181 g/mol. The highest BCUT2D eigenvalue weighted by Crippen LogP contribution is 2.03. The molecule has 0 amide bonds. The first-order valence-electron chi connectivity index (χ1n) is 4.85. The lowest BCUT2D eigenvalue weighted by Gasteiger charge is -1.94. The van der Waals surface area contributed by atoms with E-state index in [1.807, 2.05) is 19.9 Å². The van der Waals surface area contributed by atoms with E-state index in [0.717, 1.165) is 6.42 Å². The molecule has 2 nitrogen and oxygen atoms in total. The lowest BCUT2D eigenvalue weighted by Crippen LogP contribution is -1.80. The molecule has 0 aliphatic carbocycles. The molecular formula is C11H19NO. The third-order valence-corrected chi connectivity index (χ3v) is 1.32. The van der Waals surface area contributed by atoms with Crippen molar-refractivity contribution >= 4 is 6.08 Å². The molecule has 1 aromatic heterocycles. The predicted molar refractivity (Wildman–Crippen MR) is 56.3 cm³/mol. The Morgan fingerprint density at radius 3 is 2.62 bits per heavy atom. The minimum absolute atomic E-state index is 0.686. The van der Waals surface area contributed by atoms with E-state index in [1.54, 1.807) is 12.5 Å². The molecule has 0 spiro atoms. The van der Waals surface area contributed by atoms with Crippen molar-refractivity contribution in [3.63, 3.8) is 0 Å². The molecule has 74 valence electrons. The molecule has 0 unspecified atom stereocenters. The number of hydrogen-bond donors (Lipinski definition) is 0. The number of rotatable bonds is 3. The summed E-state index contributed by atoms with van der Waals surface area (Å²) in [6.07, 6.45) is 8.28. The Morgan fingerprint density at radius 2 is 2.15 bits per heavy atom. The lowest BCUT2D eigenvalue weighted by molar-refractivity contribution is 0.546. The van der Waals surface area contributed by atoms with Gasteiger partial charge in [0.2, 0.25) is 5.89 Å². The fourth-order valence-electron chi connectivity index (χ4n) is 0.758. The van der Waals surface area contributed by atoms with E-state index in [1.165, 1.54) is 0 Å². The van der Waals surface area contributed by atoms with Gasteiger partial charge in [0.25, 0.3) is 0 Å². The summed E-state index contributed by atoms with van der Waals surface area (Å²) in [6.45, 7) is 8.36. The van der Waals surface area contributed by atoms with E-state index in [9.17, 15) is 0 Å². The van der Waals surface area contributed by atoms with Crippen LogP contribution >= 0.6 is 0 Å². The van der Waals surface area contributed by atoms with Crippen LogP contribution in [0.4, 0.5) is 0 Å². The normalized spacial score (nSPS) is 10.2. The van der Waals surface area contributed by atoms with Crippen molar-refractivity contribution in [3.05, 3.63) is 24.4 Å². The molecule has 1 aromatic rings. The summed E-state index contributed by atoms with van der Waals surface area (Å²) in [5, 5.41) is 0. The maximum absolute atomic E-state index is 5.02. The fraction of sp³-hybridized carbons (Fsp3) is 0.545. The Balaban J connectivity index is 0.000000671. The van der Waals surface area contributed by atoms with Crippen LogP contribution in [0.5, 0.6) is 0 Å². The highest BCUT2D eigenvalue weighted by Gasteiger charge is 1.90. The summed E-state index contributed by atoms with van der Waals surface area (Å²) in [6, 6.07) is 0. The summed E-state index contributed by atoms with van der Waals surface area (Å²) in [4.78, 5) is 3.96. The molecule has 0 fully saturated rings. The van der Waals surface area contributed by atoms with E-state index in [0.29, 0.717) is 11.8 Å². The van der Waals surface area contributed by atoms with Gasteiger partial charge >= 0.3 is 0 Å². The van der Waals surface area contributed by atoms with Crippen LogP contribution in [0.15, 0.2) is 23.0 Å². The molecule has 2 heteroatoms. The fourth-order valence-corrected chi connectivity index (χ4v) is 0.758. The van der Waals surface area contributed by atoms with Crippen LogP contribution in [0.25, 0.3) is 6.08 Å². The predicted octanol–water partition coefficient (Wildman–Crippen LogP) is 3.76. The Bertz CT molecular complexity index is 212. The van der Waals surface area contributed by atoms with Gasteiger partial charge in [-0.05, 0) is 18.4 Å². The van der Waals surface area contributed by atoms with Crippen LogP contribution in [0.2, 0.25) is 0 Å². The van der Waals surface area contributed by atoms with Crippen molar-refractivity contribution in [1.82, 2.24) is 4.98 Å². The highest BCUT2D eigenvalue weighted by atomic mass is 16.3. The van der Waals surface area contributed by atoms with Gasteiger partial charge in [0, 0.05) is 0 Å². The van der Waals surface area contributed by atoms with Crippen LogP contribution in [-0.4, -0.2) is 4.98 Å².